The van der Waals surface area contributed by atoms with Crippen LogP contribution in [0.3, 0.4) is 0 Å². The Morgan fingerprint density at radius 1 is 0.532 bits per heavy atom. The van der Waals surface area contributed by atoms with Gasteiger partial charge >= 0.3 is 50.6 Å². The van der Waals surface area contributed by atoms with Crippen molar-refractivity contribution in [2.24, 2.45) is 0 Å². The van der Waals surface area contributed by atoms with Gasteiger partial charge < -0.3 is 43.5 Å². The second-order valence-electron chi connectivity index (χ2n) is 20.7. The van der Waals surface area contributed by atoms with Crippen molar-refractivity contribution < 1.29 is 57.2 Å². The van der Waals surface area contributed by atoms with Gasteiger partial charge in [-0.15, -0.1) is 0 Å². The molecule has 0 bridgehead atoms. The van der Waals surface area contributed by atoms with Gasteiger partial charge in [0.05, 0.1) is 32.8 Å². The fraction of sp³-hybridized carbons (Fsp3) is 1.00. The van der Waals surface area contributed by atoms with Gasteiger partial charge in [-0.2, -0.15) is 0 Å². The Bertz CT molecular complexity index is 1250. The minimum Gasteiger partial charge on any atom is -0.437 e. The predicted octanol–water partition coefficient (Wildman–Crippen LogP) is 11.5. The molecule has 4 atom stereocenters. The van der Waals surface area contributed by atoms with Gasteiger partial charge in [-0.3, -0.25) is 9.05 Å². The number of hydrogen-bond donors (Lipinski definition) is 1. The molecule has 0 aliphatic rings. The quantitative estimate of drug-likeness (QED) is 0.0272. The number of ether oxygens (including phenoxy) is 1. The molecule has 0 aliphatic carbocycles. The van der Waals surface area contributed by atoms with E-state index < -0.39 is 77.3 Å². The van der Waals surface area contributed by atoms with E-state index in [9.17, 15) is 9.46 Å². The zero-order valence-electron chi connectivity index (χ0n) is 43.9. The molecule has 0 radical (unpaired) electrons. The minimum atomic E-state index is -4.19. The second-order valence-corrected chi connectivity index (χ2v) is 53.8. The predicted molar refractivity (Wildman–Crippen MR) is 281 cm³/mol. The molecule has 4 unspecified atom stereocenters. The van der Waals surface area contributed by atoms with Gasteiger partial charge in [0.2, 0.25) is 0 Å². The fourth-order valence-electron chi connectivity index (χ4n) is 8.39. The second kappa shape index (κ2) is 28.3. The molecule has 0 aromatic carbocycles. The third-order valence-electron chi connectivity index (χ3n) is 10.7. The lowest BCUT2D eigenvalue weighted by Crippen LogP contribution is -2.62. The molecule has 13 nitrogen and oxygen atoms in total. The first-order chi connectivity index (χ1) is 28.2. The number of rotatable bonds is 39. The summed E-state index contributed by atoms with van der Waals surface area (Å²) in [7, 11) is -22.5. The normalized spacial score (nSPS) is 18.0. The van der Waals surface area contributed by atoms with E-state index in [-0.39, 0.29) is 19.8 Å². The zero-order chi connectivity index (χ0) is 48.2. The molecule has 1 N–H and O–H groups in total. The fourth-order valence-corrected chi connectivity index (χ4v) is 43.5. The summed E-state index contributed by atoms with van der Waals surface area (Å²) >= 11 is 0. The Morgan fingerprint density at radius 3 is 1.44 bits per heavy atom. The standard InChI is InChI=1S/C40H100NO12PSSi7/c1-21-36-62(47-25-5,48-26-6)40-29-39-59(18,49-56(10,11)12)51-58(16,17)52-61(20,53-60(19,50-57(13,14)15)38-28-35-55(7,8)9)37-27-31-44-33-34-46-54(42,43)45-32-30-41(22-2,23-3)24-4/h21-40H2,1-20H3/p+1. The van der Waals surface area contributed by atoms with E-state index in [0.717, 1.165) is 67.6 Å². The van der Waals surface area contributed by atoms with E-state index in [2.05, 4.69) is 132 Å². The van der Waals surface area contributed by atoms with Crippen LogP contribution >= 0.6 is 17.9 Å². The van der Waals surface area contributed by atoms with Gasteiger partial charge in [0.25, 0.3) is 0 Å². The van der Waals surface area contributed by atoms with E-state index in [1.54, 1.807) is 0 Å². The topological polar surface area (TPSA) is 130 Å². The molecule has 0 spiro atoms. The van der Waals surface area contributed by atoms with Crippen molar-refractivity contribution in [1.82, 2.24) is 0 Å². The Kier molecular flexibility index (Phi) is 29.1. The number of quaternary nitrogens is 1. The smallest absolute Gasteiger partial charge is 0.437 e. The zero-order valence-corrected chi connectivity index (χ0v) is 52.6. The van der Waals surface area contributed by atoms with Crippen LogP contribution in [0.1, 0.15) is 67.2 Å². The van der Waals surface area contributed by atoms with Crippen molar-refractivity contribution in [3.8, 4) is 0 Å². The summed E-state index contributed by atoms with van der Waals surface area (Å²) in [6.45, 7) is 42.7. The number of nitrogens with zero attached hydrogens (tertiary/aromatic N) is 1. The van der Waals surface area contributed by atoms with Crippen LogP contribution in [0.2, 0.25) is 102 Å². The van der Waals surface area contributed by atoms with E-state index in [0.29, 0.717) is 38.8 Å². The summed E-state index contributed by atoms with van der Waals surface area (Å²) in [4.78, 5) is 10.3. The first kappa shape index (κ1) is 63.6. The van der Waals surface area contributed by atoms with Crippen LogP contribution in [0.5, 0.6) is 0 Å². The summed E-state index contributed by atoms with van der Waals surface area (Å²) in [6, 6.07) is 4.34. The van der Waals surface area contributed by atoms with Crippen LogP contribution in [0.4, 0.5) is 0 Å². The Morgan fingerprint density at radius 2 is 0.984 bits per heavy atom. The van der Waals surface area contributed by atoms with Gasteiger partial charge in [-0.1, -0.05) is 13.3 Å². The van der Waals surface area contributed by atoms with Crippen molar-refractivity contribution in [1.29, 1.82) is 0 Å². The molecule has 62 heavy (non-hydrogen) atoms. The summed E-state index contributed by atoms with van der Waals surface area (Å²) in [5, 5.41) is 0. The molecular formula is C40H101NO12PSSi7+. The van der Waals surface area contributed by atoms with Crippen molar-refractivity contribution >= 4 is 77.3 Å². The van der Waals surface area contributed by atoms with Crippen LogP contribution in [-0.2, 0) is 47.8 Å². The average Bonchev–Trinajstić information content (AvgIpc) is 3.07. The van der Waals surface area contributed by atoms with Gasteiger partial charge in [0.1, 0.15) is 13.2 Å². The van der Waals surface area contributed by atoms with Crippen LogP contribution < -0.4 is 0 Å². The van der Waals surface area contributed by atoms with Crippen molar-refractivity contribution in [2.45, 2.75) is 169 Å². The van der Waals surface area contributed by atoms with Crippen molar-refractivity contribution in [2.75, 3.05) is 90.3 Å². The van der Waals surface area contributed by atoms with E-state index in [1.165, 1.54) is 5.75 Å². The lowest BCUT2D eigenvalue weighted by Gasteiger charge is -2.45. The molecule has 0 saturated carbocycles. The summed E-state index contributed by atoms with van der Waals surface area (Å²) in [6.07, 6.45) is 10.8. The molecule has 0 amide bonds. The Balaban J connectivity index is 6.29. The molecule has 0 aliphatic heterocycles. The van der Waals surface area contributed by atoms with E-state index in [4.69, 9.17) is 43.2 Å². The van der Waals surface area contributed by atoms with Crippen molar-refractivity contribution in [3.63, 3.8) is 0 Å². The van der Waals surface area contributed by atoms with Crippen LogP contribution in [-0.4, -0.2) is 159 Å². The highest BCUT2D eigenvalue weighted by Crippen LogP contribution is 2.43. The number of hydrogen-bond acceptors (Lipinski definition) is 11. The van der Waals surface area contributed by atoms with Crippen LogP contribution in [0.25, 0.3) is 0 Å². The number of phosphoric acid groups is 1. The van der Waals surface area contributed by atoms with Gasteiger partial charge in [-0.05, 0) is 181 Å². The van der Waals surface area contributed by atoms with Crippen LogP contribution in [0, 0.1) is 0 Å². The third kappa shape index (κ3) is 28.8. The molecular weight excluding hydrogens is 946 g/mol. The lowest BCUT2D eigenvalue weighted by molar-refractivity contribution is -0.923. The van der Waals surface area contributed by atoms with E-state index >= 15 is 0 Å². The van der Waals surface area contributed by atoms with Gasteiger partial charge in [0, 0.05) is 19.8 Å². The lowest BCUT2D eigenvalue weighted by atomic mass is 10.3. The first-order valence-corrected chi connectivity index (χ1v) is 47.7. The SMILES string of the molecule is CCC[Si](CCC[Si](C)(O[Si](C)(C)C)O[Si](C)(C)O[Si](C)(CCCOCCOP(=O)(O)OCC[N+](CC)(CC)CC)O[Si](C)(CCCS(C)(C)C)O[Si](C)(C)C)(OCC)OCC. The van der Waals surface area contributed by atoms with Crippen LogP contribution in [0.15, 0.2) is 0 Å². The van der Waals surface area contributed by atoms with Gasteiger partial charge in [0.15, 0.2) is 16.6 Å². The molecule has 0 saturated heterocycles. The maximum Gasteiger partial charge on any atom is 0.472 e. The maximum absolute atomic E-state index is 12.6. The molecule has 0 rings (SSSR count). The van der Waals surface area contributed by atoms with Gasteiger partial charge in [-0.25, -0.2) is 14.6 Å². The molecule has 0 aromatic rings. The largest absolute Gasteiger partial charge is 0.472 e. The summed E-state index contributed by atoms with van der Waals surface area (Å²) < 4.78 is 79.2. The Hall–Kier alpha value is 1.62. The summed E-state index contributed by atoms with van der Waals surface area (Å²) in [5.41, 5.74) is 0. The third-order valence-corrected chi connectivity index (χ3v) is 40.2. The Labute approximate surface area is 392 Å². The summed E-state index contributed by atoms with van der Waals surface area (Å²) in [5.74, 6) is 1.17. The average molecular weight is 1050 g/mol. The molecule has 376 valence electrons. The minimum absolute atomic E-state index is 0.0408. The molecule has 0 heterocycles. The van der Waals surface area contributed by atoms with Crippen molar-refractivity contribution in [3.05, 3.63) is 0 Å². The highest BCUT2D eigenvalue weighted by atomic mass is 32.3. The monoisotopic (exact) mass is 1050 g/mol. The molecule has 22 heteroatoms. The molecule has 0 aromatic heterocycles. The highest BCUT2D eigenvalue weighted by molar-refractivity contribution is 8.32. The first-order valence-electron chi connectivity index (χ1n) is 23.7. The molecule has 0 fully saturated rings. The highest BCUT2D eigenvalue weighted by Gasteiger charge is 2.51. The van der Waals surface area contributed by atoms with E-state index in [1.807, 2.05) is 0 Å². The maximum atomic E-state index is 12.6. The number of likely N-dealkylation sites (N-methyl/N-ethyl adjacent to an activating group) is 1. The number of phosphoric ester groups is 1.